The van der Waals surface area contributed by atoms with E-state index < -0.39 is 0 Å². The molecule has 1 fully saturated rings. The van der Waals surface area contributed by atoms with Crippen molar-refractivity contribution in [2.45, 2.75) is 65.4 Å². The van der Waals surface area contributed by atoms with Crippen molar-refractivity contribution in [2.75, 3.05) is 6.54 Å². The number of aryl methyl sites for hydroxylation is 1. The van der Waals surface area contributed by atoms with Crippen LogP contribution in [0.1, 0.15) is 55.1 Å². The zero-order valence-corrected chi connectivity index (χ0v) is 19.6. The third-order valence-corrected chi connectivity index (χ3v) is 7.56. The molecule has 0 aliphatic carbocycles. The predicted molar refractivity (Wildman–Crippen MR) is 122 cm³/mol. The van der Waals surface area contributed by atoms with Gasteiger partial charge in [-0.1, -0.05) is 0 Å². The summed E-state index contributed by atoms with van der Waals surface area (Å²) in [5.74, 6) is 0.463. The summed E-state index contributed by atoms with van der Waals surface area (Å²) in [5.41, 5.74) is 3.52. The van der Waals surface area contributed by atoms with Gasteiger partial charge in [0.25, 0.3) is 0 Å². The first-order valence-corrected chi connectivity index (χ1v) is 11.8. The molecule has 6 nitrogen and oxygen atoms in total. The Morgan fingerprint density at radius 3 is 2.88 bits per heavy atom. The van der Waals surface area contributed by atoms with E-state index in [-0.39, 0.29) is 29.9 Å². The summed E-state index contributed by atoms with van der Waals surface area (Å²) in [4.78, 5) is 24.9. The number of carbonyl (C=O) groups is 1. The fourth-order valence-electron chi connectivity index (χ4n) is 4.90. The second-order valence-electron chi connectivity index (χ2n) is 8.90. The van der Waals surface area contributed by atoms with Gasteiger partial charge < -0.3 is 9.64 Å². The molecule has 2 aliphatic heterocycles. The van der Waals surface area contributed by atoms with Gasteiger partial charge in [-0.05, 0) is 44.5 Å². The zero-order valence-electron chi connectivity index (χ0n) is 18.8. The Labute approximate surface area is 191 Å². The van der Waals surface area contributed by atoms with Crippen molar-refractivity contribution in [3.05, 3.63) is 51.9 Å². The van der Waals surface area contributed by atoms with Gasteiger partial charge in [0, 0.05) is 50.1 Å². The highest BCUT2D eigenvalue weighted by Crippen LogP contribution is 2.35. The van der Waals surface area contributed by atoms with Gasteiger partial charge in [-0.2, -0.15) is 0 Å². The van der Waals surface area contributed by atoms with Gasteiger partial charge in [0.2, 0.25) is 11.8 Å². The highest BCUT2D eigenvalue weighted by molar-refractivity contribution is 7.18. The molecule has 3 atom stereocenters. The number of rotatable bonds is 4. The van der Waals surface area contributed by atoms with Gasteiger partial charge in [-0.15, -0.1) is 11.3 Å². The minimum Gasteiger partial charge on any atom is -0.473 e. The van der Waals surface area contributed by atoms with Gasteiger partial charge in [-0.25, -0.2) is 14.4 Å². The van der Waals surface area contributed by atoms with Gasteiger partial charge in [0.05, 0.1) is 27.5 Å². The molecule has 168 valence electrons. The van der Waals surface area contributed by atoms with Crippen LogP contribution in [-0.2, 0) is 17.9 Å². The van der Waals surface area contributed by atoms with E-state index in [0.29, 0.717) is 31.1 Å². The van der Waals surface area contributed by atoms with Crippen LogP contribution < -0.4 is 4.74 Å². The number of ether oxygens (including phenoxy) is 1. The fraction of sp³-hybridized carbons (Fsp3) is 0.458. The maximum atomic E-state index is 14.9. The molecule has 0 spiro atoms. The standard InChI is InChI=1S/C24H27FN4O2S/c1-13-7-18(31-24-6-5-17-10-28(16(4)30)12-22(17)27-24)11-29(13)14(2)19-8-21-23(9-20(19)25)32-15(3)26-21/h5-6,8-9,13-14,18H,7,10-12H2,1-4H3/t13-,14-,18+/m0/s1. The number of fused-ring (bicyclic) bond motifs is 2. The average molecular weight is 455 g/mol. The summed E-state index contributed by atoms with van der Waals surface area (Å²) in [6.07, 6.45) is 0.833. The molecule has 3 aromatic rings. The zero-order chi connectivity index (χ0) is 22.6. The number of likely N-dealkylation sites (tertiary alicyclic amines) is 1. The van der Waals surface area contributed by atoms with E-state index >= 15 is 0 Å². The lowest BCUT2D eigenvalue weighted by atomic mass is 10.0. The highest BCUT2D eigenvalue weighted by atomic mass is 32.1. The molecule has 1 aromatic carbocycles. The Balaban J connectivity index is 1.30. The number of benzene rings is 1. The van der Waals surface area contributed by atoms with Crippen molar-refractivity contribution in [3.8, 4) is 5.88 Å². The third kappa shape index (κ3) is 3.86. The summed E-state index contributed by atoms with van der Waals surface area (Å²) in [6.45, 7) is 9.57. The molecule has 1 saturated heterocycles. The molecule has 0 N–H and O–H groups in total. The first kappa shape index (κ1) is 21.3. The Hall–Kier alpha value is -2.58. The second-order valence-corrected chi connectivity index (χ2v) is 10.1. The molecule has 2 aromatic heterocycles. The second kappa shape index (κ2) is 8.08. The summed E-state index contributed by atoms with van der Waals surface area (Å²) in [6, 6.07) is 7.56. The smallest absolute Gasteiger partial charge is 0.220 e. The van der Waals surface area contributed by atoms with Gasteiger partial charge in [0.15, 0.2) is 0 Å². The van der Waals surface area contributed by atoms with Crippen LogP contribution in [0.5, 0.6) is 5.88 Å². The van der Waals surface area contributed by atoms with E-state index in [1.165, 1.54) is 11.3 Å². The Morgan fingerprint density at radius 2 is 2.09 bits per heavy atom. The molecule has 32 heavy (non-hydrogen) atoms. The SMILES string of the molecule is CC(=O)N1Cc2ccc(O[C@@H]3C[C@H](C)N([C@@H](C)c4cc5nc(C)sc5cc4F)C3)nc2C1. The number of amides is 1. The van der Waals surface area contributed by atoms with Crippen LogP contribution >= 0.6 is 11.3 Å². The molecular formula is C24H27FN4O2S. The molecule has 1 amide bonds. The monoisotopic (exact) mass is 454 g/mol. The van der Waals surface area contributed by atoms with Crippen LogP contribution in [0.25, 0.3) is 10.2 Å². The molecule has 4 heterocycles. The Bertz CT molecular complexity index is 1200. The number of thiazole rings is 1. The number of nitrogens with zero attached hydrogens (tertiary/aromatic N) is 4. The van der Waals surface area contributed by atoms with Gasteiger partial charge in [-0.3, -0.25) is 9.69 Å². The van der Waals surface area contributed by atoms with Crippen molar-refractivity contribution in [3.63, 3.8) is 0 Å². The quantitative estimate of drug-likeness (QED) is 0.577. The van der Waals surface area contributed by atoms with E-state index in [1.807, 2.05) is 32.0 Å². The van der Waals surface area contributed by atoms with Crippen molar-refractivity contribution < 1.29 is 13.9 Å². The summed E-state index contributed by atoms with van der Waals surface area (Å²) < 4.78 is 22.0. The van der Waals surface area contributed by atoms with Crippen LogP contribution in [0, 0.1) is 12.7 Å². The lowest BCUT2D eigenvalue weighted by Gasteiger charge is -2.29. The largest absolute Gasteiger partial charge is 0.473 e. The normalized spacial score (nSPS) is 21.8. The van der Waals surface area contributed by atoms with Crippen molar-refractivity contribution in [2.24, 2.45) is 0 Å². The van der Waals surface area contributed by atoms with Gasteiger partial charge >= 0.3 is 0 Å². The average Bonchev–Trinajstić information content (AvgIpc) is 3.42. The van der Waals surface area contributed by atoms with E-state index in [9.17, 15) is 9.18 Å². The van der Waals surface area contributed by atoms with Crippen LogP contribution in [-0.4, -0.2) is 44.4 Å². The fourth-order valence-corrected chi connectivity index (χ4v) is 5.74. The number of hydrogen-bond acceptors (Lipinski definition) is 6. The molecule has 0 unspecified atom stereocenters. The number of carbonyl (C=O) groups excluding carboxylic acids is 1. The summed E-state index contributed by atoms with van der Waals surface area (Å²) in [7, 11) is 0. The number of pyridine rings is 1. The first-order chi connectivity index (χ1) is 15.3. The number of halogens is 1. The number of hydrogen-bond donors (Lipinski definition) is 0. The van der Waals surface area contributed by atoms with Crippen molar-refractivity contribution in [1.29, 1.82) is 0 Å². The molecule has 0 saturated carbocycles. The molecule has 8 heteroatoms. The maximum absolute atomic E-state index is 14.9. The number of aromatic nitrogens is 2. The molecular weight excluding hydrogens is 427 g/mol. The first-order valence-electron chi connectivity index (χ1n) is 11.0. The minimum atomic E-state index is -0.180. The van der Waals surface area contributed by atoms with Crippen LogP contribution in [0.15, 0.2) is 24.3 Å². The minimum absolute atomic E-state index is 0.0170. The van der Waals surface area contributed by atoms with Gasteiger partial charge in [0.1, 0.15) is 11.9 Å². The Morgan fingerprint density at radius 1 is 1.28 bits per heavy atom. The molecule has 0 radical (unpaired) electrons. The van der Waals surface area contributed by atoms with E-state index in [1.54, 1.807) is 17.9 Å². The maximum Gasteiger partial charge on any atom is 0.220 e. The molecule has 0 bridgehead atoms. The van der Waals surface area contributed by atoms with Crippen LogP contribution in [0.3, 0.4) is 0 Å². The molecule has 5 rings (SSSR count). The van der Waals surface area contributed by atoms with E-state index in [0.717, 1.165) is 32.9 Å². The summed E-state index contributed by atoms with van der Waals surface area (Å²) in [5, 5.41) is 0.945. The topological polar surface area (TPSA) is 58.6 Å². The molecule has 2 aliphatic rings. The third-order valence-electron chi connectivity index (χ3n) is 6.62. The van der Waals surface area contributed by atoms with E-state index in [4.69, 9.17) is 4.74 Å². The van der Waals surface area contributed by atoms with Crippen LogP contribution in [0.4, 0.5) is 4.39 Å². The lowest BCUT2D eigenvalue weighted by Crippen LogP contribution is -2.32. The lowest BCUT2D eigenvalue weighted by molar-refractivity contribution is -0.129. The predicted octanol–water partition coefficient (Wildman–Crippen LogP) is 4.60. The van der Waals surface area contributed by atoms with Crippen molar-refractivity contribution in [1.82, 2.24) is 19.8 Å². The summed E-state index contributed by atoms with van der Waals surface area (Å²) >= 11 is 1.52. The van der Waals surface area contributed by atoms with E-state index in [2.05, 4.69) is 21.8 Å². The van der Waals surface area contributed by atoms with Crippen molar-refractivity contribution >= 4 is 27.5 Å². The van der Waals surface area contributed by atoms with Crippen LogP contribution in [0.2, 0.25) is 0 Å². The highest BCUT2D eigenvalue weighted by Gasteiger charge is 2.35. The Kier molecular flexibility index (Phi) is 5.37.